The van der Waals surface area contributed by atoms with E-state index in [2.05, 4.69) is 30.3 Å². The van der Waals surface area contributed by atoms with Crippen LogP contribution in [0.25, 0.3) is 11.0 Å². The van der Waals surface area contributed by atoms with Gasteiger partial charge < -0.3 is 24.9 Å². The van der Waals surface area contributed by atoms with Crippen LogP contribution in [0.2, 0.25) is 0 Å². The van der Waals surface area contributed by atoms with E-state index in [-0.39, 0.29) is 19.0 Å². The van der Waals surface area contributed by atoms with Crippen LogP contribution in [-0.4, -0.2) is 46.3 Å². The van der Waals surface area contributed by atoms with Crippen molar-refractivity contribution in [2.24, 2.45) is 4.99 Å². The minimum atomic E-state index is -0.520. The lowest BCUT2D eigenvalue weighted by atomic mass is 10.1. The molecule has 3 aromatic rings. The molecule has 1 aliphatic rings. The summed E-state index contributed by atoms with van der Waals surface area (Å²) in [6.07, 6.45) is 5.87. The maximum absolute atomic E-state index is 13.6. The molecule has 3 aromatic heterocycles. The molecule has 0 bridgehead atoms. The second kappa shape index (κ2) is 7.14. The summed E-state index contributed by atoms with van der Waals surface area (Å²) in [5, 5.41) is 6.39. The molecular weight excluding hydrogens is 367 g/mol. The first-order valence-electron chi connectivity index (χ1n) is 8.50. The van der Waals surface area contributed by atoms with Crippen LogP contribution in [-0.2, 0) is 20.9 Å². The number of rotatable bonds is 5. The van der Waals surface area contributed by atoms with Crippen molar-refractivity contribution in [1.29, 1.82) is 0 Å². The topological polar surface area (TPSA) is 113 Å². The Morgan fingerprint density at radius 3 is 3.11 bits per heavy atom. The number of carbonyl (C=O) groups excluding carboxylic acids is 2. The second-order valence-electron chi connectivity index (χ2n) is 6.22. The molecule has 3 N–H and O–H groups in total. The second-order valence-corrected chi connectivity index (χ2v) is 6.22. The Bertz CT molecular complexity index is 1090. The molecule has 0 spiro atoms. The Kier molecular flexibility index (Phi) is 4.52. The summed E-state index contributed by atoms with van der Waals surface area (Å²) >= 11 is 0. The molecule has 4 rings (SSSR count). The maximum Gasteiger partial charge on any atom is 0.325 e. The van der Waals surface area contributed by atoms with Gasteiger partial charge in [-0.1, -0.05) is 0 Å². The van der Waals surface area contributed by atoms with Gasteiger partial charge in [-0.2, -0.15) is 0 Å². The number of H-pyrrole nitrogens is 1. The summed E-state index contributed by atoms with van der Waals surface area (Å²) in [4.78, 5) is 34.7. The van der Waals surface area contributed by atoms with Crippen LogP contribution in [0.3, 0.4) is 0 Å². The number of nitrogens with one attached hydrogen (secondary N) is 3. The smallest absolute Gasteiger partial charge is 0.325 e. The number of amides is 1. The zero-order chi connectivity index (χ0) is 19.7. The number of methoxy groups -OCH3 is 1. The first-order valence-corrected chi connectivity index (χ1v) is 8.50. The molecule has 1 aliphatic heterocycles. The lowest BCUT2D eigenvalue weighted by Gasteiger charge is -2.21. The van der Waals surface area contributed by atoms with Crippen molar-refractivity contribution in [2.45, 2.75) is 12.7 Å². The normalized spacial score (nSPS) is 15.1. The molecule has 9 nitrogen and oxygen atoms in total. The fourth-order valence-corrected chi connectivity index (χ4v) is 3.05. The van der Waals surface area contributed by atoms with E-state index in [1.165, 1.54) is 13.2 Å². The van der Waals surface area contributed by atoms with Gasteiger partial charge in [0.1, 0.15) is 36.5 Å². The van der Waals surface area contributed by atoms with Gasteiger partial charge in [0.25, 0.3) is 0 Å². The van der Waals surface area contributed by atoms with Crippen LogP contribution in [0.4, 0.5) is 10.2 Å². The Hall–Kier alpha value is -3.69. The van der Waals surface area contributed by atoms with Crippen molar-refractivity contribution in [2.75, 3.05) is 19.0 Å². The molecule has 0 radical (unpaired) electrons. The average molecular weight is 384 g/mol. The summed E-state index contributed by atoms with van der Waals surface area (Å²) in [7, 11) is 1.26. The van der Waals surface area contributed by atoms with Gasteiger partial charge >= 0.3 is 5.97 Å². The number of aliphatic imine (C=N–C) groups is 1. The zero-order valence-electron chi connectivity index (χ0n) is 14.9. The predicted molar refractivity (Wildman–Crippen MR) is 99.5 cm³/mol. The predicted octanol–water partition coefficient (Wildman–Crippen LogP) is 1.34. The van der Waals surface area contributed by atoms with Gasteiger partial charge in [0.05, 0.1) is 13.3 Å². The molecule has 1 unspecified atom stereocenters. The molecule has 0 saturated carbocycles. The molecule has 10 heteroatoms. The fraction of sp³-hybridized carbons (Fsp3) is 0.222. The lowest BCUT2D eigenvalue weighted by molar-refractivity contribution is -0.141. The minimum absolute atomic E-state index is 0.0178. The number of aromatic nitrogens is 3. The third-order valence-corrected chi connectivity index (χ3v) is 4.43. The van der Waals surface area contributed by atoms with E-state index in [1.54, 1.807) is 23.2 Å². The van der Waals surface area contributed by atoms with E-state index in [1.807, 2.05) is 6.07 Å². The number of fused-ring (bicyclic) bond motifs is 2. The molecule has 28 heavy (non-hydrogen) atoms. The van der Waals surface area contributed by atoms with Crippen LogP contribution in [0.5, 0.6) is 0 Å². The Morgan fingerprint density at radius 1 is 1.43 bits per heavy atom. The summed E-state index contributed by atoms with van der Waals surface area (Å²) in [5.41, 5.74) is 2.13. The van der Waals surface area contributed by atoms with Gasteiger partial charge in [-0.15, -0.1) is 0 Å². The van der Waals surface area contributed by atoms with Crippen LogP contribution in [0.1, 0.15) is 17.3 Å². The first kappa shape index (κ1) is 17.7. The van der Waals surface area contributed by atoms with E-state index < -0.39 is 18.0 Å². The summed E-state index contributed by atoms with van der Waals surface area (Å²) < 4.78 is 19.8. The molecule has 4 heterocycles. The van der Waals surface area contributed by atoms with Gasteiger partial charge in [-0.3, -0.25) is 14.6 Å². The van der Waals surface area contributed by atoms with Crippen molar-refractivity contribution >= 4 is 34.9 Å². The third kappa shape index (κ3) is 3.31. The average Bonchev–Trinajstić information content (AvgIpc) is 3.29. The number of anilines is 1. The number of pyridine rings is 1. The highest BCUT2D eigenvalue weighted by molar-refractivity contribution is 5.91. The van der Waals surface area contributed by atoms with Gasteiger partial charge in [-0.05, 0) is 12.1 Å². The number of carbonyl (C=O) groups is 2. The highest BCUT2D eigenvalue weighted by Crippen LogP contribution is 2.31. The van der Waals surface area contributed by atoms with Crippen molar-refractivity contribution in [3.05, 3.63) is 47.7 Å². The number of esters is 1. The largest absolute Gasteiger partial charge is 0.468 e. The molecule has 0 fully saturated rings. The Balaban J connectivity index is 1.53. The van der Waals surface area contributed by atoms with Crippen molar-refractivity contribution in [1.82, 2.24) is 19.9 Å². The Labute approximate surface area is 158 Å². The third-order valence-electron chi connectivity index (χ3n) is 4.43. The monoisotopic (exact) mass is 384 g/mol. The number of ether oxygens (including phenoxy) is 1. The fourth-order valence-electron chi connectivity index (χ4n) is 3.05. The number of hydrogen-bond acceptors (Lipinski definition) is 6. The summed E-state index contributed by atoms with van der Waals surface area (Å²) in [6.45, 7) is -0.172. The van der Waals surface area contributed by atoms with E-state index in [9.17, 15) is 14.0 Å². The van der Waals surface area contributed by atoms with Gasteiger partial charge in [-0.25, -0.2) is 9.37 Å². The number of halogens is 1. The number of aromatic amines is 1. The van der Waals surface area contributed by atoms with Gasteiger partial charge in [0, 0.05) is 35.1 Å². The van der Waals surface area contributed by atoms with Crippen LogP contribution < -0.4 is 10.6 Å². The van der Waals surface area contributed by atoms with Crippen LogP contribution >= 0.6 is 0 Å². The summed E-state index contributed by atoms with van der Waals surface area (Å²) in [5.74, 6) is -0.581. The maximum atomic E-state index is 13.6. The zero-order valence-corrected chi connectivity index (χ0v) is 14.9. The van der Waals surface area contributed by atoms with Crippen molar-refractivity contribution < 1.29 is 18.7 Å². The van der Waals surface area contributed by atoms with E-state index in [0.717, 1.165) is 17.3 Å². The SMILES string of the molecule is COC(=O)CNC(=O)Cn1ccc2c1NC(c1c[nH]c3ncc(F)cc13)N=C2. The molecule has 0 aliphatic carbocycles. The molecule has 1 amide bonds. The molecule has 0 saturated heterocycles. The molecule has 144 valence electrons. The van der Waals surface area contributed by atoms with Crippen molar-refractivity contribution in [3.8, 4) is 0 Å². The lowest BCUT2D eigenvalue weighted by Crippen LogP contribution is -2.33. The van der Waals surface area contributed by atoms with Crippen LogP contribution in [0, 0.1) is 5.82 Å². The van der Waals surface area contributed by atoms with E-state index >= 15 is 0 Å². The molecule has 0 aromatic carbocycles. The highest BCUT2D eigenvalue weighted by Gasteiger charge is 2.22. The highest BCUT2D eigenvalue weighted by atomic mass is 19.1. The summed E-state index contributed by atoms with van der Waals surface area (Å²) in [6, 6.07) is 3.23. The number of hydrogen-bond donors (Lipinski definition) is 3. The van der Waals surface area contributed by atoms with Gasteiger partial charge in [0.2, 0.25) is 5.91 Å². The van der Waals surface area contributed by atoms with E-state index in [0.29, 0.717) is 16.9 Å². The Morgan fingerprint density at radius 2 is 2.29 bits per heavy atom. The quantitative estimate of drug-likeness (QED) is 0.575. The molecule has 1 atom stereocenters. The minimum Gasteiger partial charge on any atom is -0.468 e. The number of nitrogens with zero attached hydrogens (tertiary/aromatic N) is 3. The van der Waals surface area contributed by atoms with Crippen molar-refractivity contribution in [3.63, 3.8) is 0 Å². The van der Waals surface area contributed by atoms with Gasteiger partial charge in [0.15, 0.2) is 0 Å². The first-order chi connectivity index (χ1) is 13.5. The molecular formula is C18H17FN6O3. The van der Waals surface area contributed by atoms with E-state index in [4.69, 9.17) is 0 Å². The standard InChI is InChI=1S/C18H17FN6O3/c1-28-15(27)8-20-14(26)9-25-3-2-10-5-21-17(24-18(10)25)13-7-23-16-12(13)4-11(19)6-22-16/h2-7,17,24H,8-9H2,1H3,(H,20,26)(H,22,23). The van der Waals surface area contributed by atoms with Crippen LogP contribution in [0.15, 0.2) is 35.7 Å².